The Morgan fingerprint density at radius 1 is 1.17 bits per heavy atom. The lowest BCUT2D eigenvalue weighted by molar-refractivity contribution is -0.130. The number of rotatable bonds is 5. The zero-order chi connectivity index (χ0) is 24.9. The Bertz CT molecular complexity index is 1230. The molecule has 1 aromatic heterocycles. The number of hydrogen-bond donors (Lipinski definition) is 2. The lowest BCUT2D eigenvalue weighted by Gasteiger charge is -2.42. The van der Waals surface area contributed by atoms with Crippen LogP contribution in [0.25, 0.3) is 0 Å². The summed E-state index contributed by atoms with van der Waals surface area (Å²) in [5, 5.41) is 15.6. The molecule has 0 radical (unpaired) electrons. The van der Waals surface area contributed by atoms with E-state index in [-0.39, 0.29) is 29.7 Å². The number of benzene rings is 1. The third kappa shape index (κ3) is 3.68. The number of hydrogen-bond acceptors (Lipinski definition) is 6. The summed E-state index contributed by atoms with van der Waals surface area (Å²) in [5.41, 5.74) is 9.56. The van der Waals surface area contributed by atoms with Crippen LogP contribution in [0.3, 0.4) is 0 Å². The van der Waals surface area contributed by atoms with E-state index in [0.717, 1.165) is 74.1 Å². The summed E-state index contributed by atoms with van der Waals surface area (Å²) in [7, 11) is 0. The lowest BCUT2D eigenvalue weighted by Crippen LogP contribution is -2.46. The van der Waals surface area contributed by atoms with E-state index < -0.39 is 5.41 Å². The molecule has 9 nitrogen and oxygen atoms in total. The highest BCUT2D eigenvalue weighted by molar-refractivity contribution is 5.97. The summed E-state index contributed by atoms with van der Waals surface area (Å²) in [6.45, 7) is 5.30. The molecule has 2 amide bonds. The first kappa shape index (κ1) is 23.1. The van der Waals surface area contributed by atoms with Crippen LogP contribution < -0.4 is 5.73 Å². The number of nitrogens with one attached hydrogen (secondary N) is 1. The molecule has 9 heteroatoms. The summed E-state index contributed by atoms with van der Waals surface area (Å²) in [4.78, 5) is 29.9. The Labute approximate surface area is 210 Å². The number of carbonyl (C=O) groups excluding carboxylic acids is 2. The van der Waals surface area contributed by atoms with Gasteiger partial charge in [0.1, 0.15) is 0 Å². The number of likely N-dealkylation sites (tertiary alicyclic amines) is 2. The fourth-order valence-corrected chi connectivity index (χ4v) is 6.41. The summed E-state index contributed by atoms with van der Waals surface area (Å²) in [6.07, 6.45) is 10.7. The number of nitrogens with zero attached hydrogens (tertiary/aromatic N) is 5. The predicted octanol–water partition coefficient (Wildman–Crippen LogP) is 1.98. The largest absolute Gasteiger partial charge is 0.339 e. The molecule has 0 saturated carbocycles. The van der Waals surface area contributed by atoms with Crippen molar-refractivity contribution in [3.05, 3.63) is 64.5 Å². The zero-order valence-electron chi connectivity index (χ0n) is 20.7. The minimum absolute atomic E-state index is 0.00669. The van der Waals surface area contributed by atoms with Crippen molar-refractivity contribution < 1.29 is 9.59 Å². The van der Waals surface area contributed by atoms with Gasteiger partial charge in [0.05, 0.1) is 5.41 Å². The molecule has 2 saturated heterocycles. The molecule has 188 valence electrons. The van der Waals surface area contributed by atoms with Gasteiger partial charge in [-0.25, -0.2) is 0 Å². The maximum atomic E-state index is 13.0. The van der Waals surface area contributed by atoms with E-state index >= 15 is 0 Å². The Balaban J connectivity index is 1.47. The molecule has 36 heavy (non-hydrogen) atoms. The minimum Gasteiger partial charge on any atom is -0.339 e. The molecule has 0 spiro atoms. The van der Waals surface area contributed by atoms with Crippen LogP contribution in [0.1, 0.15) is 59.9 Å². The number of aryl methyl sites for hydroxylation is 1. The summed E-state index contributed by atoms with van der Waals surface area (Å²) < 4.78 is 0. The van der Waals surface area contributed by atoms with Crippen LogP contribution in [0.15, 0.2) is 42.0 Å². The molecule has 3 unspecified atom stereocenters. The van der Waals surface area contributed by atoms with Gasteiger partial charge in [0.25, 0.3) is 11.8 Å². The van der Waals surface area contributed by atoms with Crippen molar-refractivity contribution in [2.45, 2.75) is 50.5 Å². The van der Waals surface area contributed by atoms with Gasteiger partial charge in [-0.05, 0) is 68.2 Å². The first-order valence-corrected chi connectivity index (χ1v) is 13.1. The van der Waals surface area contributed by atoms with Crippen LogP contribution in [0.4, 0.5) is 0 Å². The standard InChI is InChI=1S/C27H33N7O2/c1-17(28)16-27(26-29-31-32-30-26)22-8-6-20(24(35)33-10-2-11-33)14-18(22)4-5-19-15-21(7-9-23(19)27)25(36)34-12-3-13-34/h6-9,14-15,17-18,22H,2-5,10-13,16,28H2,1H3,(H,29,30,31,32)/t17-,18?,22?,27?/m0/s1. The number of aromatic amines is 1. The smallest absolute Gasteiger partial charge is 0.253 e. The second-order valence-corrected chi connectivity index (χ2v) is 10.8. The second-order valence-electron chi connectivity index (χ2n) is 10.8. The Hall–Kier alpha value is -3.33. The van der Waals surface area contributed by atoms with E-state index in [9.17, 15) is 9.59 Å². The van der Waals surface area contributed by atoms with Crippen molar-refractivity contribution in [1.82, 2.24) is 30.4 Å². The van der Waals surface area contributed by atoms with E-state index in [2.05, 4.69) is 44.9 Å². The number of amides is 2. The highest BCUT2D eigenvalue weighted by atomic mass is 16.2. The van der Waals surface area contributed by atoms with Gasteiger partial charge < -0.3 is 15.5 Å². The topological polar surface area (TPSA) is 121 Å². The van der Waals surface area contributed by atoms with Crippen molar-refractivity contribution in [2.75, 3.05) is 26.2 Å². The average Bonchev–Trinajstić information content (AvgIpc) is 3.30. The van der Waals surface area contributed by atoms with Crippen LogP contribution in [0.2, 0.25) is 0 Å². The SMILES string of the molecule is C[C@H](N)CC1(c2nn[nH]n2)c2ccc(C(=O)N3CCC3)cc2CCC2C=C(C(=O)N3CCC3)C=CC21. The highest BCUT2D eigenvalue weighted by Crippen LogP contribution is 2.51. The van der Waals surface area contributed by atoms with Crippen molar-refractivity contribution in [3.8, 4) is 0 Å². The van der Waals surface area contributed by atoms with Crippen LogP contribution in [-0.4, -0.2) is 74.5 Å². The van der Waals surface area contributed by atoms with Crippen molar-refractivity contribution >= 4 is 11.8 Å². The van der Waals surface area contributed by atoms with Gasteiger partial charge in [0.15, 0.2) is 5.82 Å². The Morgan fingerprint density at radius 3 is 2.56 bits per heavy atom. The Kier molecular flexibility index (Phi) is 5.75. The molecular formula is C27H33N7O2. The van der Waals surface area contributed by atoms with Crippen LogP contribution in [0, 0.1) is 11.8 Å². The van der Waals surface area contributed by atoms with Gasteiger partial charge in [0.2, 0.25) is 0 Å². The van der Waals surface area contributed by atoms with Crippen LogP contribution in [-0.2, 0) is 16.6 Å². The molecule has 0 bridgehead atoms. The normalized spacial score (nSPS) is 27.7. The van der Waals surface area contributed by atoms with Crippen molar-refractivity contribution in [1.29, 1.82) is 0 Å². The molecular weight excluding hydrogens is 454 g/mol. The number of carbonyl (C=O) groups is 2. The van der Waals surface area contributed by atoms with E-state index in [0.29, 0.717) is 12.2 Å². The van der Waals surface area contributed by atoms with Gasteiger partial charge in [-0.3, -0.25) is 9.59 Å². The maximum absolute atomic E-state index is 13.0. The molecule has 2 fully saturated rings. The van der Waals surface area contributed by atoms with Gasteiger partial charge in [-0.1, -0.05) is 29.5 Å². The summed E-state index contributed by atoms with van der Waals surface area (Å²) in [5.74, 6) is 0.916. The number of aromatic nitrogens is 4. The fraction of sp³-hybridized carbons (Fsp3) is 0.519. The maximum Gasteiger partial charge on any atom is 0.253 e. The zero-order valence-corrected chi connectivity index (χ0v) is 20.7. The number of allylic oxidation sites excluding steroid dienone is 2. The van der Waals surface area contributed by atoms with Crippen molar-refractivity contribution in [2.24, 2.45) is 17.6 Å². The van der Waals surface area contributed by atoms with Gasteiger partial charge >= 0.3 is 0 Å². The summed E-state index contributed by atoms with van der Waals surface area (Å²) >= 11 is 0. The number of tetrazole rings is 1. The minimum atomic E-state index is -0.631. The number of H-pyrrole nitrogens is 1. The third-order valence-electron chi connectivity index (χ3n) is 8.41. The fourth-order valence-electron chi connectivity index (χ4n) is 6.41. The molecule has 1 aromatic carbocycles. The first-order valence-electron chi connectivity index (χ1n) is 13.1. The molecule has 2 aliphatic carbocycles. The molecule has 2 aromatic rings. The molecule has 4 aliphatic rings. The molecule has 4 atom stereocenters. The predicted molar refractivity (Wildman–Crippen MR) is 134 cm³/mol. The molecule has 6 rings (SSSR count). The van der Waals surface area contributed by atoms with Gasteiger partial charge in [0, 0.05) is 49.3 Å². The summed E-state index contributed by atoms with van der Waals surface area (Å²) in [6, 6.07) is 5.96. The Morgan fingerprint density at radius 2 is 1.92 bits per heavy atom. The number of nitrogens with two attached hydrogens (primary N) is 1. The first-order chi connectivity index (χ1) is 17.5. The highest BCUT2D eigenvalue weighted by Gasteiger charge is 2.51. The lowest BCUT2D eigenvalue weighted by atomic mass is 9.61. The van der Waals surface area contributed by atoms with E-state index in [1.165, 1.54) is 0 Å². The monoisotopic (exact) mass is 487 g/mol. The molecule has 3 N–H and O–H groups in total. The van der Waals surface area contributed by atoms with E-state index in [1.54, 1.807) is 0 Å². The number of fused-ring (bicyclic) bond motifs is 2. The second kappa shape index (κ2) is 8.96. The van der Waals surface area contributed by atoms with Gasteiger partial charge in [-0.2, -0.15) is 5.21 Å². The van der Waals surface area contributed by atoms with Gasteiger partial charge in [-0.15, -0.1) is 10.2 Å². The van der Waals surface area contributed by atoms with Crippen LogP contribution in [0.5, 0.6) is 0 Å². The van der Waals surface area contributed by atoms with E-state index in [1.807, 2.05) is 28.9 Å². The van der Waals surface area contributed by atoms with E-state index in [4.69, 9.17) is 5.73 Å². The molecule has 2 aliphatic heterocycles. The third-order valence-corrected chi connectivity index (χ3v) is 8.41. The quantitative estimate of drug-likeness (QED) is 0.665. The molecule has 3 heterocycles. The van der Waals surface area contributed by atoms with Crippen molar-refractivity contribution in [3.63, 3.8) is 0 Å². The average molecular weight is 488 g/mol. The van der Waals surface area contributed by atoms with Crippen LogP contribution >= 0.6 is 0 Å².